The van der Waals surface area contributed by atoms with Crippen molar-refractivity contribution in [1.29, 1.82) is 0 Å². The first-order chi connectivity index (χ1) is 11.2. The number of thiophene rings is 1. The van der Waals surface area contributed by atoms with Gasteiger partial charge < -0.3 is 15.4 Å². The summed E-state index contributed by atoms with van der Waals surface area (Å²) in [5.74, 6) is 0.156. The third-order valence-corrected chi connectivity index (χ3v) is 4.91. The number of carbonyl (C=O) groups is 2. The molecule has 0 radical (unpaired) electrons. The van der Waals surface area contributed by atoms with Crippen LogP contribution in [-0.4, -0.2) is 24.5 Å². The lowest BCUT2D eigenvalue weighted by atomic mass is 10.0. The third-order valence-electron chi connectivity index (χ3n) is 4.08. The molecular weight excluding hydrogens is 312 g/mol. The van der Waals surface area contributed by atoms with Gasteiger partial charge in [-0.3, -0.25) is 9.59 Å². The van der Waals surface area contributed by atoms with Crippen molar-refractivity contribution in [3.8, 4) is 5.75 Å². The van der Waals surface area contributed by atoms with E-state index >= 15 is 0 Å². The maximum absolute atomic E-state index is 12.6. The Labute approximate surface area is 137 Å². The maximum atomic E-state index is 12.6. The molecule has 6 heteroatoms. The molecule has 0 bridgehead atoms. The average Bonchev–Trinajstić information content (AvgIpc) is 3.09. The van der Waals surface area contributed by atoms with Crippen LogP contribution in [0, 0.1) is 0 Å². The fourth-order valence-corrected chi connectivity index (χ4v) is 3.44. The van der Waals surface area contributed by atoms with E-state index in [1.54, 1.807) is 6.07 Å². The number of hydrogen-bond acceptors (Lipinski definition) is 4. The summed E-state index contributed by atoms with van der Waals surface area (Å²) in [6.07, 6.45) is 2.07. The second kappa shape index (κ2) is 5.70. The molecule has 1 fully saturated rings. The molecule has 1 aromatic carbocycles. The van der Waals surface area contributed by atoms with Gasteiger partial charge in [-0.05, 0) is 30.4 Å². The largest absolute Gasteiger partial charge is 0.492 e. The maximum Gasteiger partial charge on any atom is 0.254 e. The van der Waals surface area contributed by atoms with Gasteiger partial charge in [0.05, 0.1) is 5.56 Å². The number of ether oxygens (including phenoxy) is 1. The predicted octanol–water partition coefficient (Wildman–Crippen LogP) is 2.76. The van der Waals surface area contributed by atoms with Crippen LogP contribution >= 0.6 is 11.3 Å². The van der Waals surface area contributed by atoms with Crippen molar-refractivity contribution < 1.29 is 14.3 Å². The zero-order valence-electron chi connectivity index (χ0n) is 12.4. The number of fused-ring (bicyclic) bond motifs is 1. The molecular formula is C17H16N2O3S. The molecule has 2 aromatic rings. The molecule has 1 aromatic heterocycles. The zero-order valence-corrected chi connectivity index (χ0v) is 13.2. The summed E-state index contributed by atoms with van der Waals surface area (Å²) in [6.45, 7) is 0.333. The van der Waals surface area contributed by atoms with Crippen molar-refractivity contribution in [1.82, 2.24) is 5.32 Å². The van der Waals surface area contributed by atoms with Crippen molar-refractivity contribution in [2.75, 3.05) is 11.9 Å². The van der Waals surface area contributed by atoms with Crippen LogP contribution in [0.3, 0.4) is 0 Å². The molecule has 2 heterocycles. The summed E-state index contributed by atoms with van der Waals surface area (Å²) >= 11 is 1.36. The number of benzene rings is 1. The second-order valence-electron chi connectivity index (χ2n) is 5.80. The fourth-order valence-electron chi connectivity index (χ4n) is 2.65. The van der Waals surface area contributed by atoms with Crippen LogP contribution in [0.1, 0.15) is 34.7 Å². The Morgan fingerprint density at radius 3 is 2.83 bits per heavy atom. The quantitative estimate of drug-likeness (QED) is 0.907. The summed E-state index contributed by atoms with van der Waals surface area (Å²) in [5.41, 5.74) is 1.42. The molecule has 1 saturated carbocycles. The smallest absolute Gasteiger partial charge is 0.254 e. The van der Waals surface area contributed by atoms with E-state index in [9.17, 15) is 9.59 Å². The van der Waals surface area contributed by atoms with Gasteiger partial charge in [0.15, 0.2) is 0 Å². The normalized spacial score (nSPS) is 18.9. The first-order valence-electron chi connectivity index (χ1n) is 7.63. The van der Waals surface area contributed by atoms with Crippen LogP contribution in [0.5, 0.6) is 5.75 Å². The summed E-state index contributed by atoms with van der Waals surface area (Å²) in [4.78, 5) is 24.8. The van der Waals surface area contributed by atoms with Crippen LogP contribution in [0.25, 0.3) is 0 Å². The number of amides is 2. The molecule has 5 nitrogen and oxygen atoms in total. The zero-order chi connectivity index (χ0) is 15.8. The highest BCUT2D eigenvalue weighted by Crippen LogP contribution is 2.35. The Balaban J connectivity index is 1.49. The van der Waals surface area contributed by atoms with E-state index in [2.05, 4.69) is 10.6 Å². The van der Waals surface area contributed by atoms with E-state index in [0.29, 0.717) is 23.2 Å². The van der Waals surface area contributed by atoms with Gasteiger partial charge in [0.2, 0.25) is 5.91 Å². The standard InChI is InChI=1S/C17H16N2O3S/c20-15(18-10-5-6-10)12-7-8-23-17(12)19-16(21)13-9-22-14-4-2-1-3-11(13)14/h1-4,7-8,10,13H,5-6,9H2,(H,18,20)(H,19,21). The van der Waals surface area contributed by atoms with Gasteiger partial charge in [0.25, 0.3) is 5.91 Å². The molecule has 2 aliphatic rings. The highest BCUT2D eigenvalue weighted by molar-refractivity contribution is 7.14. The molecule has 1 aliphatic heterocycles. The minimum absolute atomic E-state index is 0.118. The van der Waals surface area contributed by atoms with Gasteiger partial charge in [-0.15, -0.1) is 11.3 Å². The lowest BCUT2D eigenvalue weighted by Gasteiger charge is -2.10. The van der Waals surface area contributed by atoms with Gasteiger partial charge in [0, 0.05) is 11.6 Å². The average molecular weight is 328 g/mol. The van der Waals surface area contributed by atoms with Gasteiger partial charge in [0.1, 0.15) is 23.3 Å². The minimum atomic E-state index is -0.340. The number of rotatable bonds is 4. The van der Waals surface area contributed by atoms with Crippen molar-refractivity contribution >= 4 is 28.2 Å². The second-order valence-corrected chi connectivity index (χ2v) is 6.72. The molecule has 2 amide bonds. The van der Waals surface area contributed by atoms with E-state index in [4.69, 9.17) is 4.74 Å². The third kappa shape index (κ3) is 2.82. The van der Waals surface area contributed by atoms with Gasteiger partial charge in [-0.2, -0.15) is 0 Å². The van der Waals surface area contributed by atoms with Crippen molar-refractivity contribution in [2.24, 2.45) is 0 Å². The number of carbonyl (C=O) groups excluding carboxylic acids is 2. The number of anilines is 1. The van der Waals surface area contributed by atoms with Gasteiger partial charge in [-0.25, -0.2) is 0 Å². The highest BCUT2D eigenvalue weighted by atomic mass is 32.1. The topological polar surface area (TPSA) is 67.4 Å². The van der Waals surface area contributed by atoms with Crippen LogP contribution < -0.4 is 15.4 Å². The van der Waals surface area contributed by atoms with E-state index in [1.807, 2.05) is 29.6 Å². The number of para-hydroxylation sites is 1. The summed E-state index contributed by atoms with van der Waals surface area (Å²) in [5, 5.41) is 8.24. The molecule has 2 N–H and O–H groups in total. The Morgan fingerprint density at radius 2 is 2.00 bits per heavy atom. The van der Waals surface area contributed by atoms with Crippen molar-refractivity contribution in [2.45, 2.75) is 24.8 Å². The molecule has 1 unspecified atom stereocenters. The molecule has 1 atom stereocenters. The monoisotopic (exact) mass is 328 g/mol. The Morgan fingerprint density at radius 1 is 1.17 bits per heavy atom. The minimum Gasteiger partial charge on any atom is -0.492 e. The van der Waals surface area contributed by atoms with Crippen LogP contribution in [0.4, 0.5) is 5.00 Å². The Kier molecular flexibility index (Phi) is 3.53. The Hall–Kier alpha value is -2.34. The highest BCUT2D eigenvalue weighted by Gasteiger charge is 2.31. The summed E-state index contributed by atoms with van der Waals surface area (Å²) in [6, 6.07) is 9.59. The van der Waals surface area contributed by atoms with E-state index in [0.717, 1.165) is 24.2 Å². The lowest BCUT2D eigenvalue weighted by molar-refractivity contribution is -0.117. The lowest BCUT2D eigenvalue weighted by Crippen LogP contribution is -2.27. The van der Waals surface area contributed by atoms with Crippen LogP contribution in [0.15, 0.2) is 35.7 Å². The van der Waals surface area contributed by atoms with E-state index < -0.39 is 0 Å². The fraction of sp³-hybridized carbons (Fsp3) is 0.294. The summed E-state index contributed by atoms with van der Waals surface area (Å²) < 4.78 is 5.55. The number of nitrogens with one attached hydrogen (secondary N) is 2. The van der Waals surface area contributed by atoms with Crippen LogP contribution in [-0.2, 0) is 4.79 Å². The Bertz CT molecular complexity index is 767. The molecule has 1 aliphatic carbocycles. The molecule has 23 heavy (non-hydrogen) atoms. The molecule has 0 spiro atoms. The van der Waals surface area contributed by atoms with Crippen molar-refractivity contribution in [3.63, 3.8) is 0 Å². The van der Waals surface area contributed by atoms with Crippen molar-refractivity contribution in [3.05, 3.63) is 46.8 Å². The predicted molar refractivity (Wildman–Crippen MR) is 88.1 cm³/mol. The van der Waals surface area contributed by atoms with Gasteiger partial charge >= 0.3 is 0 Å². The molecule has 4 rings (SSSR count). The van der Waals surface area contributed by atoms with Crippen LogP contribution in [0.2, 0.25) is 0 Å². The SMILES string of the molecule is O=C(NC1CC1)c1ccsc1NC(=O)C1COc2ccccc21. The van der Waals surface area contributed by atoms with E-state index in [-0.39, 0.29) is 17.7 Å². The molecule has 0 saturated heterocycles. The first kappa shape index (κ1) is 14.3. The van der Waals surface area contributed by atoms with Gasteiger partial charge in [-0.1, -0.05) is 18.2 Å². The van der Waals surface area contributed by atoms with E-state index in [1.165, 1.54) is 11.3 Å². The summed E-state index contributed by atoms with van der Waals surface area (Å²) in [7, 11) is 0. The number of hydrogen-bond donors (Lipinski definition) is 2. The first-order valence-corrected chi connectivity index (χ1v) is 8.51. The molecule has 118 valence electrons.